The minimum absolute atomic E-state index is 0.164. The van der Waals surface area contributed by atoms with E-state index in [1.54, 1.807) is 21.1 Å². The maximum absolute atomic E-state index is 12.6. The highest BCUT2D eigenvalue weighted by molar-refractivity contribution is 6.30. The van der Waals surface area contributed by atoms with Gasteiger partial charge in [0.1, 0.15) is 5.60 Å². The molecule has 4 rings (SSSR count). The van der Waals surface area contributed by atoms with E-state index >= 15 is 0 Å². The van der Waals surface area contributed by atoms with Gasteiger partial charge in [-0.25, -0.2) is 0 Å². The zero-order valence-corrected chi connectivity index (χ0v) is 19.7. The Hall–Kier alpha value is -3.02. The van der Waals surface area contributed by atoms with Crippen LogP contribution in [0, 0.1) is 0 Å². The van der Waals surface area contributed by atoms with Crippen LogP contribution in [0.1, 0.15) is 42.4 Å². The first kappa shape index (κ1) is 23.1. The summed E-state index contributed by atoms with van der Waals surface area (Å²) in [6, 6.07) is 19.0. The molecule has 1 aliphatic rings. The fourth-order valence-corrected chi connectivity index (χ4v) is 5.01. The minimum atomic E-state index is -1.47. The molecule has 2 unspecified atom stereocenters. The second kappa shape index (κ2) is 9.46. The Morgan fingerprint density at radius 3 is 2.55 bits per heavy atom. The molecule has 0 spiro atoms. The number of hydrogen-bond donors (Lipinski definition) is 1. The molecule has 6 heteroatoms. The van der Waals surface area contributed by atoms with Crippen molar-refractivity contribution in [3.63, 3.8) is 0 Å². The molecule has 2 atom stereocenters. The number of carbonyl (C=O) groups excluding carboxylic acids is 1. The summed E-state index contributed by atoms with van der Waals surface area (Å²) in [6.07, 6.45) is 0.0715. The first-order chi connectivity index (χ1) is 15.9. The molecule has 33 heavy (non-hydrogen) atoms. The summed E-state index contributed by atoms with van der Waals surface area (Å²) in [4.78, 5) is 12.6. The van der Waals surface area contributed by atoms with E-state index in [1.165, 1.54) is 0 Å². The molecule has 0 radical (unpaired) electrons. The summed E-state index contributed by atoms with van der Waals surface area (Å²) < 4.78 is 16.5. The summed E-state index contributed by atoms with van der Waals surface area (Å²) in [5.41, 5.74) is 2.82. The van der Waals surface area contributed by atoms with Crippen molar-refractivity contribution in [3.8, 4) is 22.6 Å². The average Bonchev–Trinajstić information content (AvgIpc) is 2.91. The largest absolute Gasteiger partial charge is 0.493 e. The summed E-state index contributed by atoms with van der Waals surface area (Å²) >= 11 is 6.45. The van der Waals surface area contributed by atoms with E-state index in [9.17, 15) is 9.90 Å². The number of aliphatic hydroxyl groups is 1. The maximum atomic E-state index is 12.6. The number of methoxy groups -OCH3 is 2. The van der Waals surface area contributed by atoms with Gasteiger partial charge in [0.15, 0.2) is 11.5 Å². The van der Waals surface area contributed by atoms with Gasteiger partial charge in [-0.3, -0.25) is 4.79 Å². The molecular weight excluding hydrogens is 440 g/mol. The Bertz CT molecular complexity index is 1170. The van der Waals surface area contributed by atoms with Crippen LogP contribution in [0.2, 0.25) is 5.02 Å². The van der Waals surface area contributed by atoms with E-state index in [0.29, 0.717) is 22.1 Å². The van der Waals surface area contributed by atoms with E-state index in [4.69, 9.17) is 25.8 Å². The first-order valence-electron chi connectivity index (χ1n) is 10.9. The number of rotatable bonds is 6. The van der Waals surface area contributed by atoms with Crippen molar-refractivity contribution < 1.29 is 24.1 Å². The smallest absolute Gasteiger partial charge is 0.309 e. The first-order valence-corrected chi connectivity index (χ1v) is 11.3. The van der Waals surface area contributed by atoms with E-state index < -0.39 is 11.6 Å². The van der Waals surface area contributed by atoms with Crippen molar-refractivity contribution in [1.82, 2.24) is 0 Å². The van der Waals surface area contributed by atoms with E-state index in [0.717, 1.165) is 22.3 Å². The highest BCUT2D eigenvalue weighted by Gasteiger charge is 2.42. The minimum Gasteiger partial charge on any atom is -0.493 e. The van der Waals surface area contributed by atoms with E-state index in [-0.39, 0.29) is 25.4 Å². The SMILES string of the molecule is CCOC(=O)CC1(O)CC(c2cccc(OC)c2OC)c2cc(Cl)ccc2-c2ccccc21. The topological polar surface area (TPSA) is 65.0 Å². The molecule has 0 aromatic heterocycles. The van der Waals surface area contributed by atoms with Gasteiger partial charge in [0.25, 0.3) is 0 Å². The summed E-state index contributed by atoms with van der Waals surface area (Å²) in [5.74, 6) is 0.403. The molecule has 0 saturated heterocycles. The Morgan fingerprint density at radius 1 is 1.03 bits per heavy atom. The van der Waals surface area contributed by atoms with Crippen LogP contribution >= 0.6 is 11.6 Å². The molecule has 0 saturated carbocycles. The van der Waals surface area contributed by atoms with Gasteiger partial charge in [0.2, 0.25) is 0 Å². The lowest BCUT2D eigenvalue weighted by Crippen LogP contribution is -2.32. The number of benzene rings is 3. The third-order valence-corrected chi connectivity index (χ3v) is 6.44. The van der Waals surface area contributed by atoms with Crippen LogP contribution in [-0.4, -0.2) is 31.9 Å². The predicted octanol–water partition coefficient (Wildman–Crippen LogP) is 5.70. The number of fused-ring (bicyclic) bond motifs is 3. The summed E-state index contributed by atoms with van der Waals surface area (Å²) in [7, 11) is 3.18. The number of hydrogen-bond acceptors (Lipinski definition) is 5. The highest BCUT2D eigenvalue weighted by Crippen LogP contribution is 2.52. The number of esters is 1. The van der Waals surface area contributed by atoms with Crippen LogP contribution in [0.3, 0.4) is 0 Å². The normalized spacial score (nSPS) is 19.1. The van der Waals surface area contributed by atoms with Crippen molar-refractivity contribution in [2.24, 2.45) is 0 Å². The summed E-state index contributed by atoms with van der Waals surface area (Å²) in [6.45, 7) is 2.00. The average molecular weight is 467 g/mol. The van der Waals surface area contributed by atoms with Gasteiger partial charge in [-0.1, -0.05) is 54.1 Å². The van der Waals surface area contributed by atoms with Crippen LogP contribution in [-0.2, 0) is 15.1 Å². The maximum Gasteiger partial charge on any atom is 0.309 e. The molecule has 3 aromatic rings. The lowest BCUT2D eigenvalue weighted by molar-refractivity contribution is -0.149. The number of carbonyl (C=O) groups is 1. The van der Waals surface area contributed by atoms with E-state index in [1.807, 2.05) is 60.7 Å². The van der Waals surface area contributed by atoms with Gasteiger partial charge in [-0.2, -0.15) is 0 Å². The van der Waals surface area contributed by atoms with Crippen molar-refractivity contribution in [3.05, 3.63) is 82.4 Å². The zero-order valence-electron chi connectivity index (χ0n) is 18.9. The summed E-state index contributed by atoms with van der Waals surface area (Å²) in [5, 5.41) is 12.6. The second-order valence-electron chi connectivity index (χ2n) is 8.13. The molecule has 0 amide bonds. The van der Waals surface area contributed by atoms with Gasteiger partial charge in [-0.15, -0.1) is 0 Å². The molecular formula is C27H27ClO5. The number of ether oxygens (including phenoxy) is 3. The fraction of sp³-hybridized carbons (Fsp3) is 0.296. The van der Waals surface area contributed by atoms with Crippen LogP contribution in [0.4, 0.5) is 0 Å². The van der Waals surface area contributed by atoms with Crippen LogP contribution in [0.25, 0.3) is 11.1 Å². The second-order valence-corrected chi connectivity index (χ2v) is 8.57. The Kier molecular flexibility index (Phi) is 6.63. The third kappa shape index (κ3) is 4.31. The molecule has 3 aromatic carbocycles. The predicted molar refractivity (Wildman–Crippen MR) is 128 cm³/mol. The lowest BCUT2D eigenvalue weighted by atomic mass is 9.78. The molecule has 1 aliphatic carbocycles. The van der Waals surface area contributed by atoms with E-state index in [2.05, 4.69) is 0 Å². The van der Waals surface area contributed by atoms with Crippen molar-refractivity contribution in [2.45, 2.75) is 31.3 Å². The van der Waals surface area contributed by atoms with Gasteiger partial charge in [-0.05, 0) is 53.8 Å². The van der Waals surface area contributed by atoms with Crippen molar-refractivity contribution in [2.75, 3.05) is 20.8 Å². The monoisotopic (exact) mass is 466 g/mol. The standard InChI is InChI=1S/C27H27ClO5/c1-4-33-25(29)16-27(30)15-22(20-9-7-11-24(31-2)26(20)32-3)21-14-17(28)12-13-18(21)19-8-5-6-10-23(19)27/h5-14,22,30H,4,15-16H2,1-3H3. The van der Waals surface area contributed by atoms with Gasteiger partial charge in [0, 0.05) is 16.5 Å². The van der Waals surface area contributed by atoms with Gasteiger partial charge < -0.3 is 19.3 Å². The Labute approximate surface area is 198 Å². The third-order valence-electron chi connectivity index (χ3n) is 6.20. The number of halogens is 1. The van der Waals surface area contributed by atoms with Gasteiger partial charge in [0.05, 0.1) is 27.2 Å². The molecule has 5 nitrogen and oxygen atoms in total. The van der Waals surface area contributed by atoms with Crippen LogP contribution < -0.4 is 9.47 Å². The zero-order chi connectivity index (χ0) is 23.6. The Morgan fingerprint density at radius 2 is 1.82 bits per heavy atom. The van der Waals surface area contributed by atoms with Crippen LogP contribution in [0.15, 0.2) is 60.7 Å². The molecule has 0 heterocycles. The Balaban J connectivity index is 1.99. The molecule has 172 valence electrons. The van der Waals surface area contributed by atoms with Crippen molar-refractivity contribution in [1.29, 1.82) is 0 Å². The molecule has 1 N–H and O–H groups in total. The molecule has 0 fully saturated rings. The molecule has 0 bridgehead atoms. The van der Waals surface area contributed by atoms with Crippen LogP contribution in [0.5, 0.6) is 11.5 Å². The van der Waals surface area contributed by atoms with Gasteiger partial charge >= 0.3 is 5.97 Å². The fourth-order valence-electron chi connectivity index (χ4n) is 4.83. The molecule has 0 aliphatic heterocycles. The quantitative estimate of drug-likeness (QED) is 0.472. The highest BCUT2D eigenvalue weighted by atomic mass is 35.5. The van der Waals surface area contributed by atoms with Crippen molar-refractivity contribution >= 4 is 17.6 Å². The lowest BCUT2D eigenvalue weighted by Gasteiger charge is -2.31. The number of para-hydroxylation sites is 1.